The van der Waals surface area contributed by atoms with Gasteiger partial charge in [0.05, 0.1) is 12.6 Å². The monoisotopic (exact) mass is 415 g/mol. The Bertz CT molecular complexity index is 1220. The number of ether oxygens (including phenoxy) is 2. The van der Waals surface area contributed by atoms with Gasteiger partial charge in [-0.3, -0.25) is 4.98 Å². The molecular formula is C24H21N3O4. The van der Waals surface area contributed by atoms with Gasteiger partial charge in [-0.1, -0.05) is 17.7 Å². The van der Waals surface area contributed by atoms with Crippen LogP contribution in [0.5, 0.6) is 23.0 Å². The third-order valence-electron chi connectivity index (χ3n) is 4.65. The van der Waals surface area contributed by atoms with Crippen molar-refractivity contribution in [2.75, 3.05) is 17.7 Å². The fraction of sp³-hybridized carbons (Fsp3) is 0.0833. The average Bonchev–Trinajstić information content (AvgIpc) is 2.76. The van der Waals surface area contributed by atoms with Gasteiger partial charge in [0.1, 0.15) is 11.5 Å². The number of carbonyl (C=O) groups is 1. The van der Waals surface area contributed by atoms with E-state index in [9.17, 15) is 9.90 Å². The number of nitrogens with zero attached hydrogens (tertiary/aromatic N) is 1. The Morgan fingerprint density at radius 1 is 0.903 bits per heavy atom. The highest BCUT2D eigenvalue weighted by atomic mass is 16.5. The minimum atomic E-state index is -0.329. The van der Waals surface area contributed by atoms with Crippen LogP contribution in [-0.2, 0) is 0 Å². The number of rotatable bonds is 5. The number of phenolic OH excluding ortho intramolecular Hbond substituents is 1. The Morgan fingerprint density at radius 3 is 2.19 bits per heavy atom. The van der Waals surface area contributed by atoms with Gasteiger partial charge in [0.2, 0.25) is 0 Å². The Kier molecular flexibility index (Phi) is 5.57. The Balaban J connectivity index is 1.46. The average molecular weight is 415 g/mol. The molecule has 0 fully saturated rings. The molecule has 3 N–H and O–H groups in total. The van der Waals surface area contributed by atoms with Crippen LogP contribution in [0.25, 0.3) is 10.9 Å². The zero-order valence-electron chi connectivity index (χ0n) is 17.0. The van der Waals surface area contributed by atoms with Crippen LogP contribution >= 0.6 is 0 Å². The van der Waals surface area contributed by atoms with Crippen molar-refractivity contribution in [3.05, 3.63) is 78.5 Å². The largest absolute Gasteiger partial charge is 0.504 e. The number of urea groups is 1. The maximum Gasteiger partial charge on any atom is 0.323 e. The number of aromatic hydroxyl groups is 1. The zero-order valence-corrected chi connectivity index (χ0v) is 17.0. The third-order valence-corrected chi connectivity index (χ3v) is 4.65. The Morgan fingerprint density at radius 2 is 1.55 bits per heavy atom. The summed E-state index contributed by atoms with van der Waals surface area (Å²) in [5.74, 6) is 1.51. The van der Waals surface area contributed by atoms with E-state index in [0.29, 0.717) is 39.5 Å². The molecule has 156 valence electrons. The van der Waals surface area contributed by atoms with Gasteiger partial charge in [-0.2, -0.15) is 0 Å². The molecule has 1 heterocycles. The van der Waals surface area contributed by atoms with Gasteiger partial charge in [0.15, 0.2) is 11.5 Å². The molecule has 7 heteroatoms. The van der Waals surface area contributed by atoms with Gasteiger partial charge in [0.25, 0.3) is 0 Å². The molecule has 7 nitrogen and oxygen atoms in total. The van der Waals surface area contributed by atoms with Gasteiger partial charge < -0.3 is 25.2 Å². The van der Waals surface area contributed by atoms with Crippen LogP contribution in [0, 0.1) is 6.92 Å². The van der Waals surface area contributed by atoms with Crippen LogP contribution in [0.3, 0.4) is 0 Å². The summed E-state index contributed by atoms with van der Waals surface area (Å²) in [5.41, 5.74) is 3.05. The molecule has 3 aromatic carbocycles. The van der Waals surface area contributed by atoms with Gasteiger partial charge >= 0.3 is 6.03 Å². The summed E-state index contributed by atoms with van der Waals surface area (Å²) in [6, 6.07) is 19.2. The lowest BCUT2D eigenvalue weighted by molar-refractivity contribution is 0.262. The summed E-state index contributed by atoms with van der Waals surface area (Å²) in [6.07, 6.45) is 1.61. The fourth-order valence-electron chi connectivity index (χ4n) is 3.05. The molecule has 4 rings (SSSR count). The van der Waals surface area contributed by atoms with Crippen LogP contribution in [0.4, 0.5) is 16.2 Å². The fourth-order valence-corrected chi connectivity index (χ4v) is 3.05. The molecule has 0 saturated carbocycles. The molecule has 0 unspecified atom stereocenters. The van der Waals surface area contributed by atoms with Crippen LogP contribution in [0.2, 0.25) is 0 Å². The predicted octanol–water partition coefficient (Wildman–Crippen LogP) is 5.69. The van der Waals surface area contributed by atoms with E-state index in [0.717, 1.165) is 5.56 Å². The number of anilines is 2. The molecule has 0 bridgehead atoms. The zero-order chi connectivity index (χ0) is 21.8. The minimum Gasteiger partial charge on any atom is -0.504 e. The quantitative estimate of drug-likeness (QED) is 0.389. The topological polar surface area (TPSA) is 92.7 Å². The Labute approximate surface area is 179 Å². The lowest BCUT2D eigenvalue weighted by atomic mass is 10.2. The second-order valence-corrected chi connectivity index (χ2v) is 6.92. The number of fused-ring (bicyclic) bond motifs is 1. The second kappa shape index (κ2) is 8.62. The number of hydrogen-bond donors (Lipinski definition) is 3. The maximum atomic E-state index is 12.2. The van der Waals surface area contributed by atoms with Gasteiger partial charge in [-0.25, -0.2) is 4.79 Å². The number of phenols is 1. The molecule has 2 amide bonds. The normalized spacial score (nSPS) is 10.5. The number of hydrogen-bond acceptors (Lipinski definition) is 5. The first-order chi connectivity index (χ1) is 15.0. The summed E-state index contributed by atoms with van der Waals surface area (Å²) >= 11 is 0. The molecule has 0 saturated heterocycles. The van der Waals surface area contributed by atoms with E-state index >= 15 is 0 Å². The van der Waals surface area contributed by atoms with E-state index < -0.39 is 0 Å². The summed E-state index contributed by atoms with van der Waals surface area (Å²) in [6.45, 7) is 1.99. The standard InChI is InChI=1S/C24H21N3O4/c1-15-3-5-16(6-4-15)26-24(29)27-17-7-9-18(10-8-17)31-22-11-12-25-20-14-21(28)23(30-2)13-19(20)22/h3-14,28H,1-2H3,(H2,26,27,29). The summed E-state index contributed by atoms with van der Waals surface area (Å²) in [4.78, 5) is 16.4. The first kappa shape index (κ1) is 20.0. The molecule has 0 aliphatic carbocycles. The third kappa shape index (κ3) is 4.67. The molecule has 31 heavy (non-hydrogen) atoms. The highest BCUT2D eigenvalue weighted by molar-refractivity contribution is 5.99. The van der Waals surface area contributed by atoms with E-state index in [2.05, 4.69) is 15.6 Å². The number of aromatic nitrogens is 1. The Hall–Kier alpha value is -4.26. The predicted molar refractivity (Wildman–Crippen MR) is 120 cm³/mol. The van der Waals surface area contributed by atoms with Crippen molar-refractivity contribution in [3.63, 3.8) is 0 Å². The first-order valence-corrected chi connectivity index (χ1v) is 9.60. The summed E-state index contributed by atoms with van der Waals surface area (Å²) < 4.78 is 11.2. The number of pyridine rings is 1. The van der Waals surface area contributed by atoms with Crippen molar-refractivity contribution in [3.8, 4) is 23.0 Å². The van der Waals surface area contributed by atoms with Crippen molar-refractivity contribution < 1.29 is 19.4 Å². The van der Waals surface area contributed by atoms with E-state index in [1.54, 1.807) is 42.6 Å². The molecule has 0 radical (unpaired) electrons. The van der Waals surface area contributed by atoms with Crippen LogP contribution < -0.4 is 20.1 Å². The summed E-state index contributed by atoms with van der Waals surface area (Å²) in [7, 11) is 1.48. The van der Waals surface area contributed by atoms with Crippen LogP contribution in [0.15, 0.2) is 72.9 Å². The second-order valence-electron chi connectivity index (χ2n) is 6.92. The minimum absolute atomic E-state index is 0.0130. The maximum absolute atomic E-state index is 12.2. The first-order valence-electron chi connectivity index (χ1n) is 9.60. The number of nitrogens with one attached hydrogen (secondary N) is 2. The highest BCUT2D eigenvalue weighted by Crippen LogP contribution is 2.36. The van der Waals surface area contributed by atoms with Crippen LogP contribution in [-0.4, -0.2) is 23.2 Å². The van der Waals surface area contributed by atoms with E-state index in [1.807, 2.05) is 31.2 Å². The van der Waals surface area contributed by atoms with Crippen LogP contribution in [0.1, 0.15) is 5.56 Å². The molecular weight excluding hydrogens is 394 g/mol. The van der Waals surface area contributed by atoms with Crippen molar-refractivity contribution in [2.45, 2.75) is 6.92 Å². The molecule has 1 aromatic heterocycles. The van der Waals surface area contributed by atoms with Gasteiger partial charge in [-0.15, -0.1) is 0 Å². The van der Waals surface area contributed by atoms with E-state index in [-0.39, 0.29) is 11.8 Å². The molecule has 0 aliphatic heterocycles. The van der Waals surface area contributed by atoms with E-state index in [1.165, 1.54) is 13.2 Å². The molecule has 0 aliphatic rings. The molecule has 4 aromatic rings. The van der Waals surface area contributed by atoms with Gasteiger partial charge in [0, 0.05) is 29.0 Å². The van der Waals surface area contributed by atoms with Crippen molar-refractivity contribution in [2.24, 2.45) is 0 Å². The number of amides is 2. The number of benzene rings is 3. The molecule has 0 spiro atoms. The molecule has 0 atom stereocenters. The van der Waals surface area contributed by atoms with Crippen molar-refractivity contribution in [1.29, 1.82) is 0 Å². The highest BCUT2D eigenvalue weighted by Gasteiger charge is 2.10. The SMILES string of the molecule is COc1cc2c(Oc3ccc(NC(=O)Nc4ccc(C)cc4)cc3)ccnc2cc1O. The van der Waals surface area contributed by atoms with Crippen molar-refractivity contribution in [1.82, 2.24) is 4.98 Å². The smallest absolute Gasteiger partial charge is 0.323 e. The lowest BCUT2D eigenvalue weighted by Gasteiger charge is -2.12. The number of methoxy groups -OCH3 is 1. The van der Waals surface area contributed by atoms with Gasteiger partial charge in [-0.05, 0) is 55.5 Å². The lowest BCUT2D eigenvalue weighted by Crippen LogP contribution is -2.19. The number of carbonyl (C=O) groups excluding carboxylic acids is 1. The van der Waals surface area contributed by atoms with Crippen molar-refractivity contribution >= 4 is 28.3 Å². The number of aryl methyl sites for hydroxylation is 1. The summed E-state index contributed by atoms with van der Waals surface area (Å²) in [5, 5.41) is 16.2. The van der Waals surface area contributed by atoms with E-state index in [4.69, 9.17) is 9.47 Å².